The maximum Gasteiger partial charge on any atom is 0.220 e. The Morgan fingerprint density at radius 2 is 1.45 bits per heavy atom. The minimum Gasteiger partial charge on any atom is -0.511 e. The van der Waals surface area contributed by atoms with Gasteiger partial charge in [-0.2, -0.15) is 0 Å². The number of aliphatic hydroxyl groups is 6. The lowest BCUT2D eigenvalue weighted by Gasteiger charge is -2.40. The Morgan fingerprint density at radius 3 is 2.12 bits per heavy atom. The van der Waals surface area contributed by atoms with Gasteiger partial charge in [0.05, 0.1) is 47.4 Å². The van der Waals surface area contributed by atoms with Crippen LogP contribution in [-0.2, 0) is 14.3 Å². The lowest BCUT2D eigenvalue weighted by molar-refractivity contribution is -0.253. The normalized spacial score (nSPS) is 27.3. The maximum atomic E-state index is 13.3. The minimum atomic E-state index is -1.52. The molecule has 2 amide bonds. The number of fused-ring (bicyclic) bond motifs is 5. The molecule has 8 bridgehead atoms. The number of hydrogen-bond acceptors (Lipinski definition) is 13. The lowest BCUT2D eigenvalue weighted by Crippen LogP contribution is -2.64. The molecule has 0 radical (unpaired) electrons. The predicted octanol–water partition coefficient (Wildman–Crippen LogP) is 5.36. The van der Waals surface area contributed by atoms with Crippen LogP contribution in [0.5, 0.6) is 0 Å². The van der Waals surface area contributed by atoms with Crippen LogP contribution in [0.15, 0.2) is 106 Å². The standard InChI is InChI=1S/C50H68N6O9/c1-6-30-26(2)35-22-39-33(24-57)28(4)34(53-39)21-36-27(3)31(45(54-36)32-20-40(59)44-29(5)37(55-46(32)44)23-38(30)52-35)17-18-42(60)51-19-15-13-11-9-7-8-10-12-14-16-43(61)56-47-49(63)48(62)41(25-58)65-50(47)64/h21-23,27,31,41,47-50,54,57-59,62-64H,6-20,24-25H2,1-5H3,(H,51,60)(H,56,61)/t27-,31-,41+,47+,48-,49+,50?/m0/s1. The number of carbonyl (C=O) groups excluding carboxylic acids is 2. The first-order chi connectivity index (χ1) is 31.3. The van der Waals surface area contributed by atoms with E-state index in [2.05, 4.69) is 42.8 Å². The number of amides is 2. The highest BCUT2D eigenvalue weighted by Crippen LogP contribution is 2.46. The third-order valence-corrected chi connectivity index (χ3v) is 14.2. The van der Waals surface area contributed by atoms with E-state index in [9.17, 15) is 40.2 Å². The van der Waals surface area contributed by atoms with Crippen molar-refractivity contribution in [1.29, 1.82) is 0 Å². The molecule has 15 heteroatoms. The van der Waals surface area contributed by atoms with E-state index in [1.165, 1.54) is 0 Å². The summed E-state index contributed by atoms with van der Waals surface area (Å²) in [6.45, 7) is 10.3. The summed E-state index contributed by atoms with van der Waals surface area (Å²) in [5, 5.41) is 70.9. The van der Waals surface area contributed by atoms with E-state index < -0.39 is 37.3 Å². The third kappa shape index (κ3) is 10.3. The van der Waals surface area contributed by atoms with Crippen LogP contribution in [0.2, 0.25) is 0 Å². The van der Waals surface area contributed by atoms with Crippen LogP contribution in [-0.4, -0.2) is 110 Å². The van der Waals surface area contributed by atoms with E-state index >= 15 is 0 Å². The molecule has 0 aromatic heterocycles. The number of hydrogen-bond donors (Lipinski definition) is 9. The first-order valence-corrected chi connectivity index (χ1v) is 23.7. The van der Waals surface area contributed by atoms with Crippen LogP contribution in [0.4, 0.5) is 0 Å². The van der Waals surface area contributed by atoms with Crippen molar-refractivity contribution in [2.45, 2.75) is 155 Å². The number of aliphatic hydroxyl groups excluding tert-OH is 6. The zero-order valence-electron chi connectivity index (χ0n) is 38.5. The molecule has 9 N–H and O–H groups in total. The van der Waals surface area contributed by atoms with E-state index in [1.807, 2.05) is 26.0 Å². The van der Waals surface area contributed by atoms with Crippen LogP contribution in [0.1, 0.15) is 125 Å². The van der Waals surface area contributed by atoms with Crippen molar-refractivity contribution >= 4 is 28.9 Å². The summed E-state index contributed by atoms with van der Waals surface area (Å²) in [6, 6.07) is -1.16. The fourth-order valence-electron chi connectivity index (χ4n) is 10.1. The Bertz CT molecular complexity index is 2270. The van der Waals surface area contributed by atoms with Gasteiger partial charge in [-0.1, -0.05) is 58.8 Å². The van der Waals surface area contributed by atoms with Crippen LogP contribution in [0, 0.1) is 11.8 Å². The van der Waals surface area contributed by atoms with E-state index in [0.717, 1.165) is 137 Å². The SMILES string of the molecule is CCC1=C(C)C2=NC1=CC1=C(C)C3=C(O)CC(=C4NC(=CC5=NC(=C2)C(CO)=C5C)[C@@H](C)[C@@H]4CCC(=O)NCCCCCCCCCCCC(=O)N[C@H]2C(O)O[C@H](CO)[C@H](O)[C@@H]2O)C3=N1. The summed E-state index contributed by atoms with van der Waals surface area (Å²) in [4.78, 5) is 40.9. The molecular weight excluding hydrogens is 829 g/mol. The Balaban J connectivity index is 0.889. The number of unbranched alkanes of at least 4 members (excludes halogenated alkanes) is 8. The smallest absolute Gasteiger partial charge is 0.220 e. The van der Waals surface area contributed by atoms with Gasteiger partial charge < -0.3 is 51.3 Å². The number of rotatable bonds is 19. The number of allylic oxidation sites excluding steroid dienone is 11. The van der Waals surface area contributed by atoms with Crippen LogP contribution in [0.25, 0.3) is 0 Å². The van der Waals surface area contributed by atoms with Crippen LogP contribution < -0.4 is 16.0 Å². The number of nitrogens with one attached hydrogen (secondary N) is 3. The highest BCUT2D eigenvalue weighted by Gasteiger charge is 2.45. The molecule has 0 aromatic rings. The number of nitrogens with zero attached hydrogens (tertiary/aromatic N) is 3. The Morgan fingerprint density at radius 1 is 0.800 bits per heavy atom. The second kappa shape index (κ2) is 21.2. The fraction of sp³-hybridized carbons (Fsp3) is 0.580. The Hall–Kier alpha value is -4.77. The molecule has 352 valence electrons. The van der Waals surface area contributed by atoms with Gasteiger partial charge in [0.2, 0.25) is 11.8 Å². The van der Waals surface area contributed by atoms with Gasteiger partial charge in [-0.05, 0) is 87.0 Å². The van der Waals surface area contributed by atoms with Crippen molar-refractivity contribution in [3.8, 4) is 0 Å². The molecular formula is C50H68N6O9. The molecule has 6 aliphatic heterocycles. The predicted molar refractivity (Wildman–Crippen MR) is 249 cm³/mol. The third-order valence-electron chi connectivity index (χ3n) is 14.2. The molecule has 2 saturated heterocycles. The average Bonchev–Trinajstić information content (AvgIpc) is 4.04. The van der Waals surface area contributed by atoms with Gasteiger partial charge >= 0.3 is 0 Å². The summed E-state index contributed by atoms with van der Waals surface area (Å²) < 4.78 is 5.10. The second-order valence-electron chi connectivity index (χ2n) is 18.4. The molecule has 2 fully saturated rings. The number of aliphatic imine (C=N–C) groups is 3. The van der Waals surface area contributed by atoms with Gasteiger partial charge in [0.25, 0.3) is 0 Å². The van der Waals surface area contributed by atoms with Crippen LogP contribution in [0.3, 0.4) is 0 Å². The first kappa shape index (κ1) is 48.2. The van der Waals surface area contributed by atoms with Crippen LogP contribution >= 0.6 is 0 Å². The van der Waals surface area contributed by atoms with Crippen molar-refractivity contribution in [2.24, 2.45) is 26.8 Å². The second-order valence-corrected chi connectivity index (χ2v) is 18.4. The summed E-state index contributed by atoms with van der Waals surface area (Å²) in [6.07, 6.45) is 11.7. The Labute approximate surface area is 382 Å². The number of ether oxygens (including phenoxy) is 1. The average molecular weight is 897 g/mol. The van der Waals surface area contributed by atoms with E-state index in [0.29, 0.717) is 43.7 Å². The topological polar surface area (TPSA) is 238 Å². The molecule has 65 heavy (non-hydrogen) atoms. The summed E-state index contributed by atoms with van der Waals surface area (Å²) >= 11 is 0. The molecule has 15 nitrogen and oxygen atoms in total. The fourth-order valence-corrected chi connectivity index (χ4v) is 10.1. The largest absolute Gasteiger partial charge is 0.511 e. The zero-order valence-corrected chi connectivity index (χ0v) is 38.5. The van der Waals surface area contributed by atoms with E-state index in [-0.39, 0.29) is 36.7 Å². The molecule has 6 heterocycles. The monoisotopic (exact) mass is 897 g/mol. The van der Waals surface area contributed by atoms with Gasteiger partial charge in [-0.25, -0.2) is 15.0 Å². The molecule has 7 aliphatic rings. The summed E-state index contributed by atoms with van der Waals surface area (Å²) in [5.74, 6) is -0.0276. The van der Waals surface area contributed by atoms with Crippen molar-refractivity contribution in [3.63, 3.8) is 0 Å². The van der Waals surface area contributed by atoms with Crippen molar-refractivity contribution in [1.82, 2.24) is 16.0 Å². The van der Waals surface area contributed by atoms with Gasteiger partial charge in [0.1, 0.15) is 30.1 Å². The summed E-state index contributed by atoms with van der Waals surface area (Å²) in [5.41, 5.74) is 13.2. The molecule has 0 spiro atoms. The molecule has 1 unspecified atom stereocenters. The highest BCUT2D eigenvalue weighted by molar-refractivity contribution is 6.21. The number of carbonyl (C=O) groups is 2. The molecule has 7 atom stereocenters. The Kier molecular flexibility index (Phi) is 15.7. The van der Waals surface area contributed by atoms with Crippen molar-refractivity contribution < 1.29 is 45.0 Å². The molecule has 7 rings (SSSR count). The summed E-state index contributed by atoms with van der Waals surface area (Å²) in [7, 11) is 0. The van der Waals surface area contributed by atoms with Gasteiger partial charge in [0.15, 0.2) is 6.29 Å². The molecule has 1 aliphatic carbocycles. The first-order valence-electron chi connectivity index (χ1n) is 23.7. The maximum absolute atomic E-state index is 13.3. The minimum absolute atomic E-state index is 0.0174. The van der Waals surface area contributed by atoms with E-state index in [1.54, 1.807) is 0 Å². The van der Waals surface area contributed by atoms with E-state index in [4.69, 9.17) is 19.7 Å². The van der Waals surface area contributed by atoms with Gasteiger partial charge in [0, 0.05) is 65.8 Å². The zero-order chi connectivity index (χ0) is 46.5. The van der Waals surface area contributed by atoms with Crippen molar-refractivity contribution in [3.05, 3.63) is 91.5 Å². The quantitative estimate of drug-likeness (QED) is 0.0753. The van der Waals surface area contributed by atoms with Crippen molar-refractivity contribution in [2.75, 3.05) is 19.8 Å². The van der Waals surface area contributed by atoms with Gasteiger partial charge in [-0.15, -0.1) is 0 Å². The molecule has 0 aromatic carbocycles. The lowest BCUT2D eigenvalue weighted by atomic mass is 9.86. The highest BCUT2D eigenvalue weighted by atomic mass is 16.6. The van der Waals surface area contributed by atoms with Gasteiger partial charge in [-0.3, -0.25) is 9.59 Å². The molecule has 0 saturated carbocycles.